The summed E-state index contributed by atoms with van der Waals surface area (Å²) in [4.78, 5) is 12.7. The van der Waals surface area contributed by atoms with E-state index in [1.807, 2.05) is 0 Å². The molecule has 0 saturated carbocycles. The van der Waals surface area contributed by atoms with Crippen molar-refractivity contribution in [1.29, 1.82) is 0 Å². The van der Waals surface area contributed by atoms with Gasteiger partial charge in [-0.25, -0.2) is 0 Å². The van der Waals surface area contributed by atoms with E-state index >= 15 is 0 Å². The molecule has 0 bridgehead atoms. The van der Waals surface area contributed by atoms with Crippen LogP contribution in [-0.2, 0) is 4.74 Å². The van der Waals surface area contributed by atoms with Gasteiger partial charge < -0.3 is 39.8 Å². The Balaban J connectivity index is 1.97. The molecule has 0 radical (unpaired) electrons. The second kappa shape index (κ2) is 7.29. The summed E-state index contributed by atoms with van der Waals surface area (Å²) in [6.07, 6.45) is -6.82. The molecule has 158 valence electrons. The zero-order chi connectivity index (χ0) is 21.7. The van der Waals surface area contributed by atoms with Crippen molar-refractivity contribution in [2.75, 3.05) is 0 Å². The van der Waals surface area contributed by atoms with Crippen LogP contribution in [0.4, 0.5) is 0 Å². The van der Waals surface area contributed by atoms with E-state index in [4.69, 9.17) is 9.15 Å². The van der Waals surface area contributed by atoms with Gasteiger partial charge >= 0.3 is 0 Å². The van der Waals surface area contributed by atoms with Gasteiger partial charge in [0.05, 0.1) is 11.7 Å². The average molecular weight is 416 g/mol. The summed E-state index contributed by atoms with van der Waals surface area (Å²) < 4.78 is 11.4. The van der Waals surface area contributed by atoms with E-state index in [0.29, 0.717) is 5.56 Å². The lowest BCUT2D eigenvalue weighted by atomic mass is 9.90. The Hall–Kier alpha value is -3.11. The van der Waals surface area contributed by atoms with Crippen molar-refractivity contribution in [2.24, 2.45) is 0 Å². The van der Waals surface area contributed by atoms with Gasteiger partial charge in [0, 0.05) is 17.7 Å². The van der Waals surface area contributed by atoms with Crippen molar-refractivity contribution >= 4 is 11.0 Å². The largest absolute Gasteiger partial charge is 0.508 e. The Morgan fingerprint density at radius 3 is 2.20 bits per heavy atom. The Morgan fingerprint density at radius 2 is 1.53 bits per heavy atom. The Bertz CT molecular complexity index is 1150. The fraction of sp³-hybridized carbons (Fsp3) is 0.286. The summed E-state index contributed by atoms with van der Waals surface area (Å²) in [6, 6.07) is 7.88. The van der Waals surface area contributed by atoms with Crippen LogP contribution in [0.3, 0.4) is 0 Å². The molecule has 0 amide bonds. The third-order valence-corrected chi connectivity index (χ3v) is 5.29. The predicted molar refractivity (Wildman–Crippen MR) is 104 cm³/mol. The predicted octanol–water partition coefficient (Wildman–Crippen LogP) is 1.12. The molecule has 6 N–H and O–H groups in total. The first-order valence-corrected chi connectivity index (χ1v) is 9.20. The Labute approximate surface area is 169 Å². The summed E-state index contributed by atoms with van der Waals surface area (Å²) in [5, 5.41) is 60.5. The number of fused-ring (bicyclic) bond motifs is 1. The minimum atomic E-state index is -1.64. The Morgan fingerprint density at radius 1 is 0.867 bits per heavy atom. The quantitative estimate of drug-likeness (QED) is 0.360. The van der Waals surface area contributed by atoms with Crippen LogP contribution in [0.1, 0.15) is 18.6 Å². The number of phenols is 3. The molecular weight excluding hydrogens is 396 g/mol. The smallest absolute Gasteiger partial charge is 0.197 e. The van der Waals surface area contributed by atoms with Crippen LogP contribution < -0.4 is 5.43 Å². The molecule has 0 spiro atoms. The highest BCUT2D eigenvalue weighted by Gasteiger charge is 2.44. The van der Waals surface area contributed by atoms with Crippen LogP contribution in [0.25, 0.3) is 22.3 Å². The van der Waals surface area contributed by atoms with Crippen molar-refractivity contribution in [2.45, 2.75) is 37.4 Å². The topological polar surface area (TPSA) is 161 Å². The lowest BCUT2D eigenvalue weighted by Gasteiger charge is -2.39. The zero-order valence-corrected chi connectivity index (χ0v) is 15.8. The lowest BCUT2D eigenvalue weighted by Crippen LogP contribution is -2.53. The highest BCUT2D eigenvalue weighted by atomic mass is 16.5. The highest BCUT2D eigenvalue weighted by Crippen LogP contribution is 2.43. The number of rotatable bonds is 2. The standard InChI is InChI=1S/C21H20O9/c1-8-17(26)18(27)19(28)21(29-8)16-12(24)6-11(23)15-13(25)7-14(30-20(15)16)9-2-4-10(22)5-3-9/h2-8,17-19,21-24,26-28H,1H3. The molecule has 1 aliphatic rings. The molecule has 9 nitrogen and oxygen atoms in total. The first kappa shape index (κ1) is 20.2. The van der Waals surface area contributed by atoms with Crippen LogP contribution in [0.15, 0.2) is 45.6 Å². The van der Waals surface area contributed by atoms with Crippen LogP contribution in [0.2, 0.25) is 0 Å². The van der Waals surface area contributed by atoms with Gasteiger partial charge in [-0.2, -0.15) is 0 Å². The molecule has 5 unspecified atom stereocenters. The maximum Gasteiger partial charge on any atom is 0.197 e. The van der Waals surface area contributed by atoms with E-state index in [1.165, 1.54) is 31.2 Å². The first-order chi connectivity index (χ1) is 14.2. The number of hydrogen-bond acceptors (Lipinski definition) is 9. The van der Waals surface area contributed by atoms with Crippen molar-refractivity contribution < 1.29 is 39.8 Å². The SMILES string of the molecule is CC1OC(c2c(O)cc(O)c3c(=O)cc(-c4ccc(O)cc4)oc23)C(O)C(O)C1O. The zero-order valence-electron chi connectivity index (χ0n) is 15.8. The van der Waals surface area contributed by atoms with E-state index in [-0.39, 0.29) is 28.0 Å². The second-order valence-corrected chi connectivity index (χ2v) is 7.29. The molecule has 5 atom stereocenters. The summed E-state index contributed by atoms with van der Waals surface area (Å²) in [6.45, 7) is 1.48. The maximum atomic E-state index is 12.7. The fourth-order valence-electron chi connectivity index (χ4n) is 3.65. The van der Waals surface area contributed by atoms with Crippen molar-refractivity contribution in [3.63, 3.8) is 0 Å². The maximum absolute atomic E-state index is 12.7. The van der Waals surface area contributed by atoms with Crippen LogP contribution in [-0.4, -0.2) is 55.1 Å². The lowest BCUT2D eigenvalue weighted by molar-refractivity contribution is -0.219. The molecule has 1 aliphatic heterocycles. The van der Waals surface area contributed by atoms with E-state index in [1.54, 1.807) is 0 Å². The van der Waals surface area contributed by atoms with Gasteiger partial charge in [0.2, 0.25) is 0 Å². The van der Waals surface area contributed by atoms with Crippen LogP contribution in [0.5, 0.6) is 17.2 Å². The summed E-state index contributed by atoms with van der Waals surface area (Å²) in [5.41, 5.74) is -0.555. The summed E-state index contributed by atoms with van der Waals surface area (Å²) >= 11 is 0. The van der Waals surface area contributed by atoms with Crippen molar-refractivity contribution in [3.05, 3.63) is 52.2 Å². The van der Waals surface area contributed by atoms with E-state index in [9.17, 15) is 35.4 Å². The van der Waals surface area contributed by atoms with Crippen LogP contribution >= 0.6 is 0 Å². The number of hydrogen-bond donors (Lipinski definition) is 6. The van der Waals surface area contributed by atoms with E-state index in [2.05, 4.69) is 0 Å². The van der Waals surface area contributed by atoms with Crippen LogP contribution in [0, 0.1) is 0 Å². The number of benzene rings is 2. The third-order valence-electron chi connectivity index (χ3n) is 5.29. The third kappa shape index (κ3) is 3.17. The monoisotopic (exact) mass is 416 g/mol. The van der Waals surface area contributed by atoms with Crippen molar-refractivity contribution in [3.8, 4) is 28.6 Å². The van der Waals surface area contributed by atoms with Gasteiger partial charge in [0.15, 0.2) is 11.0 Å². The van der Waals surface area contributed by atoms with Gasteiger partial charge in [-0.15, -0.1) is 0 Å². The molecule has 1 aromatic heterocycles. The molecule has 0 aliphatic carbocycles. The molecule has 3 aromatic rings. The molecule has 2 aromatic carbocycles. The van der Waals surface area contributed by atoms with Gasteiger partial charge in [0.1, 0.15) is 52.8 Å². The highest BCUT2D eigenvalue weighted by molar-refractivity contribution is 5.89. The van der Waals surface area contributed by atoms with Gasteiger partial charge in [0.25, 0.3) is 0 Å². The minimum absolute atomic E-state index is 0.0122. The molecule has 2 heterocycles. The first-order valence-electron chi connectivity index (χ1n) is 9.20. The molecule has 30 heavy (non-hydrogen) atoms. The average Bonchev–Trinajstić information content (AvgIpc) is 2.70. The number of aliphatic hydroxyl groups is 3. The number of phenolic OH excluding ortho intramolecular Hbond substituents is 3. The summed E-state index contributed by atoms with van der Waals surface area (Å²) in [5.74, 6) is -0.960. The Kier molecular flexibility index (Phi) is 4.91. The van der Waals surface area contributed by atoms with Gasteiger partial charge in [-0.3, -0.25) is 4.79 Å². The van der Waals surface area contributed by atoms with E-state index < -0.39 is 47.4 Å². The van der Waals surface area contributed by atoms with Gasteiger partial charge in [-0.05, 0) is 31.2 Å². The molecule has 1 fully saturated rings. The minimum Gasteiger partial charge on any atom is -0.508 e. The summed E-state index contributed by atoms with van der Waals surface area (Å²) in [7, 11) is 0. The number of aromatic hydroxyl groups is 3. The van der Waals surface area contributed by atoms with E-state index in [0.717, 1.165) is 12.1 Å². The fourth-order valence-corrected chi connectivity index (χ4v) is 3.65. The van der Waals surface area contributed by atoms with Gasteiger partial charge in [-0.1, -0.05) is 0 Å². The normalized spacial score (nSPS) is 26.7. The second-order valence-electron chi connectivity index (χ2n) is 7.29. The molecule has 1 saturated heterocycles. The molecule has 4 rings (SSSR count). The number of aliphatic hydroxyl groups excluding tert-OH is 3. The number of ether oxygens (including phenoxy) is 1. The molecular formula is C21H20O9. The molecule has 9 heteroatoms. The van der Waals surface area contributed by atoms with Crippen molar-refractivity contribution in [1.82, 2.24) is 0 Å².